The van der Waals surface area contributed by atoms with Crippen LogP contribution < -0.4 is 0 Å². The van der Waals surface area contributed by atoms with E-state index in [1.54, 1.807) is 0 Å². The molecule has 0 bridgehead atoms. The summed E-state index contributed by atoms with van der Waals surface area (Å²) < 4.78 is 70.2. The van der Waals surface area contributed by atoms with E-state index in [1.807, 2.05) is 6.92 Å². The Morgan fingerprint density at radius 1 is 1.05 bits per heavy atom. The van der Waals surface area contributed by atoms with Crippen molar-refractivity contribution in [2.24, 2.45) is 0 Å². The number of carbonyl (C=O) groups excluding carboxylic acids is 1. The van der Waals surface area contributed by atoms with Crippen LogP contribution in [0.15, 0.2) is 12.1 Å². The largest absolute Gasteiger partial charge is 0.431 e. The molecule has 0 aliphatic rings. The minimum absolute atomic E-state index is 0.245. The predicted molar refractivity (Wildman–Crippen MR) is 69.7 cm³/mol. The maximum atomic E-state index is 13.6. The van der Waals surface area contributed by atoms with Gasteiger partial charge in [-0.25, -0.2) is 13.2 Å². The zero-order chi connectivity index (χ0) is 16.8. The molecule has 0 aromatic heterocycles. The minimum Gasteiger partial charge on any atom is -0.397 e. The van der Waals surface area contributed by atoms with Crippen molar-refractivity contribution in [1.29, 1.82) is 0 Å². The van der Waals surface area contributed by atoms with Crippen molar-refractivity contribution < 1.29 is 31.5 Å². The number of benzene rings is 1. The van der Waals surface area contributed by atoms with Crippen LogP contribution in [0.5, 0.6) is 0 Å². The van der Waals surface area contributed by atoms with Crippen LogP contribution in [0, 0.1) is 17.5 Å². The molecule has 0 atom stereocenters. The number of unbranched alkanes of at least 4 members (excludes halogenated alkanes) is 4. The summed E-state index contributed by atoms with van der Waals surface area (Å²) in [6, 6.07) is 0.697. The number of esters is 1. The zero-order valence-corrected chi connectivity index (χ0v) is 12.1. The molecule has 0 N–H and O–H groups in total. The number of ether oxygens (including phenoxy) is 1. The molecule has 0 spiro atoms. The number of carbonyl (C=O) groups is 1. The second kappa shape index (κ2) is 8.10. The SMILES string of the molecule is CCCCCCCC(=O)OC(F)(F)c1ccc(F)c(F)c1F. The van der Waals surface area contributed by atoms with Gasteiger partial charge in [0.2, 0.25) is 0 Å². The quantitative estimate of drug-likeness (QED) is 0.289. The van der Waals surface area contributed by atoms with Crippen molar-refractivity contribution in [3.63, 3.8) is 0 Å². The summed E-state index contributed by atoms with van der Waals surface area (Å²) in [4.78, 5) is 11.3. The van der Waals surface area contributed by atoms with E-state index in [1.165, 1.54) is 0 Å². The summed E-state index contributed by atoms with van der Waals surface area (Å²) in [6.45, 7) is 2.01. The molecule has 7 heteroatoms. The maximum absolute atomic E-state index is 13.6. The Balaban J connectivity index is 2.63. The minimum atomic E-state index is -4.35. The van der Waals surface area contributed by atoms with Crippen LogP contribution in [-0.4, -0.2) is 5.97 Å². The van der Waals surface area contributed by atoms with E-state index in [2.05, 4.69) is 4.74 Å². The fraction of sp³-hybridized carbons (Fsp3) is 0.533. The third-order valence-electron chi connectivity index (χ3n) is 3.08. The Morgan fingerprint density at radius 3 is 2.32 bits per heavy atom. The smallest absolute Gasteiger partial charge is 0.397 e. The van der Waals surface area contributed by atoms with Gasteiger partial charge < -0.3 is 4.74 Å². The molecule has 1 aromatic rings. The van der Waals surface area contributed by atoms with Gasteiger partial charge in [0.1, 0.15) is 5.56 Å². The number of halogens is 5. The van der Waals surface area contributed by atoms with Gasteiger partial charge in [0.25, 0.3) is 0 Å². The van der Waals surface area contributed by atoms with Gasteiger partial charge in [-0.05, 0) is 18.6 Å². The average molecular weight is 324 g/mol. The van der Waals surface area contributed by atoms with E-state index in [0.717, 1.165) is 19.3 Å². The second-order valence-electron chi connectivity index (χ2n) is 4.88. The molecule has 0 aliphatic carbocycles. The first kappa shape index (κ1) is 18.4. The molecule has 0 fully saturated rings. The van der Waals surface area contributed by atoms with E-state index < -0.39 is 35.1 Å². The van der Waals surface area contributed by atoms with E-state index in [4.69, 9.17) is 0 Å². The number of hydrogen-bond donors (Lipinski definition) is 0. The van der Waals surface area contributed by atoms with E-state index in [-0.39, 0.29) is 6.42 Å². The molecule has 0 saturated carbocycles. The van der Waals surface area contributed by atoms with Gasteiger partial charge in [0, 0.05) is 6.42 Å². The highest BCUT2D eigenvalue weighted by molar-refractivity contribution is 5.69. The van der Waals surface area contributed by atoms with Crippen LogP contribution in [0.2, 0.25) is 0 Å². The van der Waals surface area contributed by atoms with E-state index in [9.17, 15) is 26.7 Å². The lowest BCUT2D eigenvalue weighted by Crippen LogP contribution is -2.24. The van der Waals surface area contributed by atoms with Gasteiger partial charge in [0.15, 0.2) is 17.5 Å². The van der Waals surface area contributed by atoms with Crippen LogP contribution in [0.4, 0.5) is 22.0 Å². The summed E-state index contributed by atoms with van der Waals surface area (Å²) >= 11 is 0. The fourth-order valence-corrected chi connectivity index (χ4v) is 1.87. The highest BCUT2D eigenvalue weighted by Gasteiger charge is 2.40. The molecule has 124 valence electrons. The lowest BCUT2D eigenvalue weighted by Gasteiger charge is -2.17. The molecular weight excluding hydrogens is 307 g/mol. The first-order chi connectivity index (χ1) is 10.3. The van der Waals surface area contributed by atoms with Gasteiger partial charge in [-0.1, -0.05) is 32.6 Å². The molecular formula is C15H17F5O2. The van der Waals surface area contributed by atoms with E-state index >= 15 is 0 Å². The Kier molecular flexibility index (Phi) is 6.77. The number of rotatable bonds is 8. The van der Waals surface area contributed by atoms with Crippen molar-refractivity contribution >= 4 is 5.97 Å². The van der Waals surface area contributed by atoms with Crippen molar-refractivity contribution in [2.45, 2.75) is 51.6 Å². The van der Waals surface area contributed by atoms with Gasteiger partial charge in [0.05, 0.1) is 0 Å². The van der Waals surface area contributed by atoms with Crippen molar-refractivity contribution in [3.8, 4) is 0 Å². The second-order valence-corrected chi connectivity index (χ2v) is 4.88. The number of hydrogen-bond acceptors (Lipinski definition) is 2. The summed E-state index contributed by atoms with van der Waals surface area (Å²) in [5.41, 5.74) is -1.51. The standard InChI is InChI=1S/C15H17F5O2/c1-2-3-4-5-6-7-12(21)22-15(19,20)10-8-9-11(16)14(18)13(10)17/h8-9H,2-7H2,1H3. The third-order valence-corrected chi connectivity index (χ3v) is 3.08. The van der Waals surface area contributed by atoms with Crippen LogP contribution >= 0.6 is 0 Å². The summed E-state index contributed by atoms with van der Waals surface area (Å²) in [7, 11) is 0. The Hall–Kier alpha value is -1.66. The van der Waals surface area contributed by atoms with Crippen LogP contribution in [0.3, 0.4) is 0 Å². The van der Waals surface area contributed by atoms with Crippen molar-refractivity contribution in [3.05, 3.63) is 35.1 Å². The lowest BCUT2D eigenvalue weighted by atomic mass is 10.1. The van der Waals surface area contributed by atoms with E-state index in [0.29, 0.717) is 25.0 Å². The first-order valence-electron chi connectivity index (χ1n) is 7.03. The first-order valence-corrected chi connectivity index (χ1v) is 7.03. The Bertz CT molecular complexity index is 517. The van der Waals surface area contributed by atoms with Crippen LogP contribution in [-0.2, 0) is 15.6 Å². The molecule has 0 unspecified atom stereocenters. The topological polar surface area (TPSA) is 26.3 Å². The average Bonchev–Trinajstić information content (AvgIpc) is 2.43. The van der Waals surface area contributed by atoms with Crippen molar-refractivity contribution in [1.82, 2.24) is 0 Å². The summed E-state index contributed by atoms with van der Waals surface area (Å²) in [5, 5.41) is 0. The monoisotopic (exact) mass is 324 g/mol. The normalized spacial score (nSPS) is 11.5. The predicted octanol–water partition coefficient (Wildman–Crippen LogP) is 5.06. The molecule has 1 rings (SSSR count). The zero-order valence-electron chi connectivity index (χ0n) is 12.1. The summed E-state index contributed by atoms with van der Waals surface area (Å²) in [5.74, 6) is -6.92. The fourth-order valence-electron chi connectivity index (χ4n) is 1.87. The molecule has 0 saturated heterocycles. The molecule has 0 amide bonds. The highest BCUT2D eigenvalue weighted by atomic mass is 19.3. The van der Waals surface area contributed by atoms with Gasteiger partial charge in [-0.15, -0.1) is 0 Å². The van der Waals surface area contributed by atoms with Gasteiger partial charge in [-0.3, -0.25) is 4.79 Å². The Morgan fingerprint density at radius 2 is 1.68 bits per heavy atom. The van der Waals surface area contributed by atoms with Gasteiger partial charge in [-0.2, -0.15) is 8.78 Å². The van der Waals surface area contributed by atoms with Gasteiger partial charge >= 0.3 is 12.1 Å². The maximum Gasteiger partial charge on any atom is 0.431 e. The number of alkyl halides is 2. The van der Waals surface area contributed by atoms with Crippen LogP contribution in [0.25, 0.3) is 0 Å². The lowest BCUT2D eigenvalue weighted by molar-refractivity contribution is -0.241. The molecule has 0 heterocycles. The molecule has 0 aliphatic heterocycles. The molecule has 22 heavy (non-hydrogen) atoms. The summed E-state index contributed by atoms with van der Waals surface area (Å²) in [6.07, 6.45) is -0.686. The van der Waals surface area contributed by atoms with Crippen LogP contribution in [0.1, 0.15) is 51.0 Å². The highest BCUT2D eigenvalue weighted by Crippen LogP contribution is 2.33. The molecule has 0 radical (unpaired) electrons. The third kappa shape index (κ3) is 4.96. The molecule has 2 nitrogen and oxygen atoms in total. The van der Waals surface area contributed by atoms with Crippen molar-refractivity contribution in [2.75, 3.05) is 0 Å². The molecule has 1 aromatic carbocycles. The Labute approximate surface area is 125 Å².